The third-order valence-electron chi connectivity index (χ3n) is 4.58. The van der Waals surface area contributed by atoms with Gasteiger partial charge >= 0.3 is 0 Å². The minimum Gasteiger partial charge on any atom is -0.345 e. The number of nitrogens with one attached hydrogen (secondary N) is 2. The molecule has 0 heterocycles. The van der Waals surface area contributed by atoms with Crippen LogP contribution in [0.5, 0.6) is 0 Å². The van der Waals surface area contributed by atoms with Crippen molar-refractivity contribution in [1.29, 1.82) is 0 Å². The summed E-state index contributed by atoms with van der Waals surface area (Å²) in [5.74, 6) is -0.351. The van der Waals surface area contributed by atoms with Crippen molar-refractivity contribution in [3.63, 3.8) is 0 Å². The summed E-state index contributed by atoms with van der Waals surface area (Å²) in [4.78, 5) is 37.3. The van der Waals surface area contributed by atoms with Gasteiger partial charge in [-0.25, -0.2) is 0 Å². The zero-order valence-electron chi connectivity index (χ0n) is 17.5. The molecule has 0 rings (SSSR count). The first-order valence-corrected chi connectivity index (χ1v) is 10.5. The number of amides is 2. The summed E-state index contributed by atoms with van der Waals surface area (Å²) in [7, 11) is 0. The Kier molecular flexibility index (Phi) is 14.0. The molecule has 5 nitrogen and oxygen atoms in total. The van der Waals surface area contributed by atoms with Gasteiger partial charge in [0.2, 0.25) is 11.8 Å². The minimum absolute atomic E-state index is 0.0704. The van der Waals surface area contributed by atoms with Crippen LogP contribution in [0.3, 0.4) is 0 Å². The van der Waals surface area contributed by atoms with Crippen molar-refractivity contribution in [2.24, 2.45) is 5.92 Å². The lowest BCUT2D eigenvalue weighted by Gasteiger charge is -2.24. The molecule has 0 saturated carbocycles. The molecule has 0 aromatic heterocycles. The molecule has 0 spiro atoms. The van der Waals surface area contributed by atoms with Crippen molar-refractivity contribution in [2.75, 3.05) is 0 Å². The average molecular weight is 369 g/mol. The highest BCUT2D eigenvalue weighted by atomic mass is 16.2. The largest absolute Gasteiger partial charge is 0.345 e. The van der Waals surface area contributed by atoms with E-state index >= 15 is 0 Å². The van der Waals surface area contributed by atoms with Gasteiger partial charge in [-0.1, -0.05) is 73.1 Å². The maximum absolute atomic E-state index is 12.8. The number of carbonyl (C=O) groups is 3. The molecule has 0 saturated heterocycles. The molecule has 0 aromatic carbocycles. The second kappa shape index (κ2) is 14.7. The molecule has 26 heavy (non-hydrogen) atoms. The highest BCUT2D eigenvalue weighted by Crippen LogP contribution is 2.11. The molecule has 0 radical (unpaired) electrons. The normalized spacial score (nSPS) is 13.3. The second-order valence-corrected chi connectivity index (χ2v) is 7.48. The van der Waals surface area contributed by atoms with Crippen LogP contribution in [0.15, 0.2) is 0 Å². The molecule has 0 aliphatic carbocycles. The van der Waals surface area contributed by atoms with Crippen LogP contribution in [-0.2, 0) is 14.4 Å². The molecule has 152 valence electrons. The molecular weight excluding hydrogens is 328 g/mol. The second-order valence-electron chi connectivity index (χ2n) is 7.48. The van der Waals surface area contributed by atoms with Crippen LogP contribution in [0.1, 0.15) is 98.8 Å². The summed E-state index contributed by atoms with van der Waals surface area (Å²) in [5.41, 5.74) is 0. The SMILES string of the molecule is CCCCCC(NC(=O)C(CCCC)NC(=O)CCCC)C(=O)C(C)C. The van der Waals surface area contributed by atoms with Crippen LogP contribution < -0.4 is 10.6 Å². The fourth-order valence-corrected chi connectivity index (χ4v) is 2.84. The first-order chi connectivity index (χ1) is 12.4. The summed E-state index contributed by atoms with van der Waals surface area (Å²) in [6.45, 7) is 9.94. The lowest BCUT2D eigenvalue weighted by Crippen LogP contribution is -2.52. The predicted octanol–water partition coefficient (Wildman–Crippen LogP) is 4.14. The van der Waals surface area contributed by atoms with E-state index in [9.17, 15) is 14.4 Å². The van der Waals surface area contributed by atoms with Crippen molar-refractivity contribution in [3.8, 4) is 0 Å². The highest BCUT2D eigenvalue weighted by molar-refractivity contribution is 5.93. The van der Waals surface area contributed by atoms with Crippen LogP contribution in [0, 0.1) is 5.92 Å². The summed E-state index contributed by atoms with van der Waals surface area (Å²) < 4.78 is 0. The lowest BCUT2D eigenvalue weighted by molar-refractivity contribution is -0.132. The van der Waals surface area contributed by atoms with Gasteiger partial charge in [-0.05, 0) is 19.3 Å². The molecule has 2 unspecified atom stereocenters. The van der Waals surface area contributed by atoms with Gasteiger partial charge < -0.3 is 10.6 Å². The minimum atomic E-state index is -0.548. The van der Waals surface area contributed by atoms with Gasteiger partial charge in [0, 0.05) is 12.3 Å². The Morgan fingerprint density at radius 1 is 0.731 bits per heavy atom. The molecule has 0 aromatic rings. The molecule has 5 heteroatoms. The van der Waals surface area contributed by atoms with E-state index in [2.05, 4.69) is 24.5 Å². The number of Topliss-reactive ketones (excluding diaryl/α,β-unsaturated/α-hetero) is 1. The summed E-state index contributed by atoms with van der Waals surface area (Å²) in [6.07, 6.45) is 8.34. The topological polar surface area (TPSA) is 75.3 Å². The van der Waals surface area contributed by atoms with Gasteiger partial charge in [-0.3, -0.25) is 14.4 Å². The Morgan fingerprint density at radius 3 is 1.85 bits per heavy atom. The quantitative estimate of drug-likeness (QED) is 0.427. The number of rotatable bonds is 15. The maximum Gasteiger partial charge on any atom is 0.243 e. The smallest absolute Gasteiger partial charge is 0.243 e. The van der Waals surface area contributed by atoms with Gasteiger partial charge in [0.15, 0.2) is 5.78 Å². The Bertz CT molecular complexity index is 421. The van der Waals surface area contributed by atoms with Crippen LogP contribution in [0.2, 0.25) is 0 Å². The van der Waals surface area contributed by atoms with E-state index in [-0.39, 0.29) is 23.5 Å². The summed E-state index contributed by atoms with van der Waals surface area (Å²) in [6, 6.07) is -1.00. The lowest BCUT2D eigenvalue weighted by atomic mass is 9.96. The van der Waals surface area contributed by atoms with E-state index in [0.29, 0.717) is 19.3 Å². The molecule has 2 N–H and O–H groups in total. The number of unbranched alkanes of at least 4 members (excludes halogenated alkanes) is 4. The van der Waals surface area contributed by atoms with E-state index in [1.807, 2.05) is 20.8 Å². The van der Waals surface area contributed by atoms with Crippen LogP contribution >= 0.6 is 0 Å². The van der Waals surface area contributed by atoms with Crippen LogP contribution in [0.4, 0.5) is 0 Å². The van der Waals surface area contributed by atoms with Gasteiger partial charge in [0.25, 0.3) is 0 Å². The van der Waals surface area contributed by atoms with E-state index in [1.165, 1.54) is 0 Å². The Balaban J connectivity index is 4.93. The average Bonchev–Trinajstić information content (AvgIpc) is 2.61. The third-order valence-corrected chi connectivity index (χ3v) is 4.58. The molecule has 0 fully saturated rings. The van der Waals surface area contributed by atoms with Crippen molar-refractivity contribution in [2.45, 2.75) is 111 Å². The molecule has 2 atom stereocenters. The number of hydrogen-bond acceptors (Lipinski definition) is 3. The van der Waals surface area contributed by atoms with Gasteiger partial charge in [0.05, 0.1) is 6.04 Å². The molecule has 0 aliphatic rings. The van der Waals surface area contributed by atoms with E-state index in [0.717, 1.165) is 44.9 Å². The number of ketones is 1. The van der Waals surface area contributed by atoms with E-state index in [4.69, 9.17) is 0 Å². The first kappa shape index (κ1) is 24.6. The van der Waals surface area contributed by atoms with E-state index in [1.54, 1.807) is 0 Å². The van der Waals surface area contributed by atoms with E-state index < -0.39 is 12.1 Å². The zero-order valence-corrected chi connectivity index (χ0v) is 17.5. The Labute approximate surface area is 160 Å². The van der Waals surface area contributed by atoms with Gasteiger partial charge in [-0.15, -0.1) is 0 Å². The van der Waals surface area contributed by atoms with Gasteiger partial charge in [0.1, 0.15) is 6.04 Å². The maximum atomic E-state index is 12.8. The van der Waals surface area contributed by atoms with Gasteiger partial charge in [-0.2, -0.15) is 0 Å². The standard InChI is InChI=1S/C21H40N2O3/c1-6-9-12-14-17(20(25)16(4)5)23-21(26)18(13-10-7-2)22-19(24)15-11-8-3/h16-18H,6-15H2,1-5H3,(H,22,24)(H,23,26). The third kappa shape index (κ3) is 10.6. The molecule has 2 amide bonds. The molecule has 0 bridgehead atoms. The first-order valence-electron chi connectivity index (χ1n) is 10.5. The van der Waals surface area contributed by atoms with Crippen molar-refractivity contribution < 1.29 is 14.4 Å². The molecule has 0 aliphatic heterocycles. The number of carbonyl (C=O) groups excluding carboxylic acids is 3. The van der Waals surface area contributed by atoms with Crippen LogP contribution in [-0.4, -0.2) is 29.7 Å². The highest BCUT2D eigenvalue weighted by Gasteiger charge is 2.27. The number of hydrogen-bond donors (Lipinski definition) is 2. The van der Waals surface area contributed by atoms with Crippen molar-refractivity contribution in [1.82, 2.24) is 10.6 Å². The van der Waals surface area contributed by atoms with Crippen molar-refractivity contribution in [3.05, 3.63) is 0 Å². The molecular formula is C21H40N2O3. The summed E-state index contributed by atoms with van der Waals surface area (Å²) in [5, 5.41) is 5.79. The van der Waals surface area contributed by atoms with Crippen molar-refractivity contribution >= 4 is 17.6 Å². The fraction of sp³-hybridized carbons (Fsp3) is 0.857. The Hall–Kier alpha value is -1.39. The predicted molar refractivity (Wildman–Crippen MR) is 107 cm³/mol. The summed E-state index contributed by atoms with van der Waals surface area (Å²) >= 11 is 0. The van der Waals surface area contributed by atoms with Crippen LogP contribution in [0.25, 0.3) is 0 Å². The Morgan fingerprint density at radius 2 is 1.31 bits per heavy atom. The monoisotopic (exact) mass is 368 g/mol. The zero-order chi connectivity index (χ0) is 19.9. The fourth-order valence-electron chi connectivity index (χ4n) is 2.84.